The number of nitrogens with zero attached hydrogens (tertiary/aromatic N) is 3. The molecule has 4 aromatic rings. The molecule has 3 heterocycles. The van der Waals surface area contributed by atoms with Crippen LogP contribution in [0.5, 0.6) is 11.6 Å². The molecule has 2 aromatic carbocycles. The minimum atomic E-state index is -1.17. The number of pyridine rings is 1. The van der Waals surface area contributed by atoms with Gasteiger partial charge in [-0.05, 0) is 85.9 Å². The van der Waals surface area contributed by atoms with E-state index in [4.69, 9.17) is 10.5 Å². The average Bonchev–Trinajstić information content (AvgIpc) is 2.95. The number of benzene rings is 2. The molecule has 1 aliphatic heterocycles. The second kappa shape index (κ2) is 13.6. The minimum absolute atomic E-state index is 0.0373. The van der Waals surface area contributed by atoms with Crippen LogP contribution in [0, 0.1) is 17.5 Å². The van der Waals surface area contributed by atoms with Gasteiger partial charge in [0.15, 0.2) is 11.6 Å². The first-order chi connectivity index (χ1) is 18.5. The second-order valence-electron chi connectivity index (χ2n) is 8.33. The molecule has 7 nitrogen and oxygen atoms in total. The average molecular weight is 541 g/mol. The van der Waals surface area contributed by atoms with Crippen LogP contribution in [0.25, 0.3) is 11.3 Å². The molecule has 0 atom stereocenters. The fourth-order valence-corrected chi connectivity index (χ4v) is 4.31. The molecule has 0 saturated carbocycles. The molecule has 1 aliphatic rings. The first kappa shape index (κ1) is 27.2. The summed E-state index contributed by atoms with van der Waals surface area (Å²) in [5, 5.41) is 3.28. The summed E-state index contributed by atoms with van der Waals surface area (Å²) >= 11 is 1.14. The van der Waals surface area contributed by atoms with Gasteiger partial charge in [-0.3, -0.25) is 0 Å². The first-order valence-corrected chi connectivity index (χ1v) is 13.0. The third-order valence-electron chi connectivity index (χ3n) is 5.52. The number of halogens is 3. The van der Waals surface area contributed by atoms with Crippen LogP contribution in [0.4, 0.5) is 24.8 Å². The van der Waals surface area contributed by atoms with Crippen LogP contribution in [0.3, 0.4) is 0 Å². The van der Waals surface area contributed by atoms with Crippen LogP contribution in [0.2, 0.25) is 0 Å². The molecule has 1 saturated heterocycles. The van der Waals surface area contributed by atoms with Crippen molar-refractivity contribution in [3.8, 4) is 22.9 Å². The van der Waals surface area contributed by atoms with Crippen molar-refractivity contribution in [1.82, 2.24) is 20.3 Å². The number of piperidine rings is 1. The third-order valence-corrected chi connectivity index (χ3v) is 6.36. The standard InChI is InChI=1S/C22H16F3N5OS.C5H11N/c23-14-5-3-13(4-6-14)12-32-30-17-7-8-18(20(25)19(17)24)31-21-15(2-1-10-27-21)16-9-11-28-22(26)29-16;1-2-4-6-5-3-1/h1-11,30H,12H2,(H2,26,28,29);6H,1-5H2. The zero-order chi connectivity index (χ0) is 26.7. The van der Waals surface area contributed by atoms with E-state index in [-0.39, 0.29) is 29.1 Å². The summed E-state index contributed by atoms with van der Waals surface area (Å²) < 4.78 is 50.5. The lowest BCUT2D eigenvalue weighted by molar-refractivity contribution is 0.408. The molecule has 198 valence electrons. The highest BCUT2D eigenvalue weighted by molar-refractivity contribution is 7.99. The third kappa shape index (κ3) is 7.59. The van der Waals surface area contributed by atoms with Gasteiger partial charge in [0.2, 0.25) is 17.6 Å². The molecule has 5 rings (SSSR count). The van der Waals surface area contributed by atoms with Crippen molar-refractivity contribution < 1.29 is 17.9 Å². The maximum absolute atomic E-state index is 14.7. The predicted molar refractivity (Wildman–Crippen MR) is 144 cm³/mol. The summed E-state index contributed by atoms with van der Waals surface area (Å²) in [4.78, 5) is 12.0. The number of nitrogens with two attached hydrogens (primary N) is 1. The Morgan fingerprint density at radius 1 is 0.895 bits per heavy atom. The minimum Gasteiger partial charge on any atom is -0.435 e. The number of ether oxygens (including phenoxy) is 1. The van der Waals surface area contributed by atoms with E-state index in [1.165, 1.54) is 69.0 Å². The lowest BCUT2D eigenvalue weighted by Crippen LogP contribution is -2.21. The van der Waals surface area contributed by atoms with Crippen LogP contribution in [-0.4, -0.2) is 28.0 Å². The van der Waals surface area contributed by atoms with E-state index in [0.717, 1.165) is 17.5 Å². The van der Waals surface area contributed by atoms with E-state index in [9.17, 15) is 13.2 Å². The van der Waals surface area contributed by atoms with Crippen molar-refractivity contribution >= 4 is 23.6 Å². The lowest BCUT2D eigenvalue weighted by atomic mass is 10.2. The van der Waals surface area contributed by atoms with Gasteiger partial charge in [-0.2, -0.15) is 4.39 Å². The Bertz CT molecular complexity index is 1330. The fraction of sp³-hybridized carbons (Fsp3) is 0.222. The van der Waals surface area contributed by atoms with Gasteiger partial charge in [0, 0.05) is 18.1 Å². The molecule has 0 aliphatic carbocycles. The number of hydrogen-bond acceptors (Lipinski definition) is 8. The molecule has 1 fully saturated rings. The molecular formula is C27H27F3N6OS. The van der Waals surface area contributed by atoms with Gasteiger partial charge >= 0.3 is 0 Å². The van der Waals surface area contributed by atoms with Crippen molar-refractivity contribution in [2.24, 2.45) is 0 Å². The number of rotatable bonds is 7. The maximum Gasteiger partial charge on any atom is 0.228 e. The zero-order valence-electron chi connectivity index (χ0n) is 20.5. The van der Waals surface area contributed by atoms with E-state index in [0.29, 0.717) is 17.0 Å². The van der Waals surface area contributed by atoms with Crippen molar-refractivity contribution in [3.63, 3.8) is 0 Å². The van der Waals surface area contributed by atoms with Crippen LogP contribution in [0.15, 0.2) is 67.0 Å². The smallest absolute Gasteiger partial charge is 0.228 e. The molecule has 11 heteroatoms. The molecule has 38 heavy (non-hydrogen) atoms. The summed E-state index contributed by atoms with van der Waals surface area (Å²) in [5.41, 5.74) is 7.28. The van der Waals surface area contributed by atoms with Crippen LogP contribution in [0.1, 0.15) is 24.8 Å². The summed E-state index contributed by atoms with van der Waals surface area (Å²) in [5.74, 6) is -2.42. The molecule has 0 spiro atoms. The Balaban J connectivity index is 0.000000494. The zero-order valence-corrected chi connectivity index (χ0v) is 21.3. The number of aromatic nitrogens is 3. The topological polar surface area (TPSA) is 98.0 Å². The van der Waals surface area contributed by atoms with Crippen LogP contribution >= 0.6 is 11.9 Å². The molecule has 0 unspecified atom stereocenters. The number of nitrogen functional groups attached to an aromatic ring is 1. The van der Waals surface area contributed by atoms with Crippen molar-refractivity contribution in [2.45, 2.75) is 25.0 Å². The van der Waals surface area contributed by atoms with Crippen molar-refractivity contribution in [1.29, 1.82) is 0 Å². The van der Waals surface area contributed by atoms with Gasteiger partial charge in [0.25, 0.3) is 0 Å². The van der Waals surface area contributed by atoms with Gasteiger partial charge in [0.05, 0.1) is 16.9 Å². The molecule has 0 bridgehead atoms. The predicted octanol–water partition coefficient (Wildman–Crippen LogP) is 6.35. The first-order valence-electron chi connectivity index (χ1n) is 12.0. The van der Waals surface area contributed by atoms with Crippen LogP contribution in [-0.2, 0) is 5.75 Å². The van der Waals surface area contributed by atoms with Gasteiger partial charge in [-0.1, -0.05) is 18.6 Å². The number of nitrogens with one attached hydrogen (secondary N) is 2. The van der Waals surface area contributed by atoms with Crippen molar-refractivity contribution in [2.75, 3.05) is 23.5 Å². The molecule has 2 aromatic heterocycles. The monoisotopic (exact) mass is 540 g/mol. The van der Waals surface area contributed by atoms with Gasteiger partial charge in [-0.15, -0.1) is 0 Å². The van der Waals surface area contributed by atoms with Gasteiger partial charge in [0.1, 0.15) is 5.82 Å². The summed E-state index contributed by atoms with van der Waals surface area (Å²) in [6.45, 7) is 2.50. The fourth-order valence-electron chi connectivity index (χ4n) is 3.56. The van der Waals surface area contributed by atoms with Gasteiger partial charge < -0.3 is 20.5 Å². The highest BCUT2D eigenvalue weighted by atomic mass is 32.2. The molecule has 0 radical (unpaired) electrons. The Kier molecular flexibility index (Phi) is 9.77. The van der Waals surface area contributed by atoms with E-state index in [1.54, 1.807) is 30.3 Å². The summed E-state index contributed by atoms with van der Waals surface area (Å²) in [6.07, 6.45) is 7.14. The number of hydrogen-bond donors (Lipinski definition) is 3. The van der Waals surface area contributed by atoms with Crippen LogP contribution < -0.4 is 20.5 Å². The second-order valence-corrected chi connectivity index (χ2v) is 9.11. The maximum atomic E-state index is 14.7. The Hall–Kier alpha value is -3.83. The SMILES string of the molecule is C1CCNCC1.Nc1nccc(-c2cccnc2Oc2ccc(NSCc3ccc(F)cc3)c(F)c2F)n1. The number of anilines is 2. The summed E-state index contributed by atoms with van der Waals surface area (Å²) in [7, 11) is 0. The highest BCUT2D eigenvalue weighted by Crippen LogP contribution is 2.34. The van der Waals surface area contributed by atoms with Gasteiger partial charge in [-0.25, -0.2) is 23.7 Å². The molecule has 4 N–H and O–H groups in total. The summed E-state index contributed by atoms with van der Waals surface area (Å²) in [6, 6.07) is 13.5. The Morgan fingerprint density at radius 2 is 1.68 bits per heavy atom. The van der Waals surface area contributed by atoms with E-state index in [2.05, 4.69) is 25.0 Å². The van der Waals surface area contributed by atoms with Crippen molar-refractivity contribution in [3.05, 3.63) is 90.0 Å². The lowest BCUT2D eigenvalue weighted by Gasteiger charge is -2.12. The largest absolute Gasteiger partial charge is 0.435 e. The van der Waals surface area contributed by atoms with E-state index in [1.807, 2.05) is 0 Å². The highest BCUT2D eigenvalue weighted by Gasteiger charge is 2.18. The molecular weight excluding hydrogens is 513 g/mol. The molecule has 0 amide bonds. The Labute approximate surface area is 223 Å². The van der Waals surface area contributed by atoms with E-state index >= 15 is 0 Å². The Morgan fingerprint density at radius 3 is 2.37 bits per heavy atom. The quantitative estimate of drug-likeness (QED) is 0.233. The van der Waals surface area contributed by atoms with E-state index < -0.39 is 11.6 Å². The normalized spacial score (nSPS) is 12.8.